The van der Waals surface area contributed by atoms with E-state index in [1.165, 1.54) is 17.7 Å². The number of aliphatic hydroxyl groups excluding tert-OH is 1. The van der Waals surface area contributed by atoms with Gasteiger partial charge in [-0.15, -0.1) is 0 Å². The van der Waals surface area contributed by atoms with E-state index in [1.807, 2.05) is 31.2 Å². The number of aliphatic hydroxyl groups is 1. The largest absolute Gasteiger partial charge is 0.491 e. The lowest BCUT2D eigenvalue weighted by molar-refractivity contribution is 0.0343. The Labute approximate surface area is 187 Å². The SMILES string of the molecule is Cc1ccc(-c2noc(C(C)N3CCN(CC(O)COc4ccc(F)cc4)CC3)n2)cc1. The summed E-state index contributed by atoms with van der Waals surface area (Å²) in [5.41, 5.74) is 2.13. The predicted molar refractivity (Wildman–Crippen MR) is 119 cm³/mol. The zero-order chi connectivity index (χ0) is 22.5. The molecule has 2 heterocycles. The molecule has 7 nitrogen and oxygen atoms in total. The van der Waals surface area contributed by atoms with Gasteiger partial charge in [0.1, 0.15) is 24.3 Å². The number of aromatic nitrogens is 2. The van der Waals surface area contributed by atoms with E-state index < -0.39 is 6.10 Å². The molecule has 2 atom stereocenters. The Bertz CT molecular complexity index is 985. The lowest BCUT2D eigenvalue weighted by Gasteiger charge is -2.37. The van der Waals surface area contributed by atoms with Gasteiger partial charge < -0.3 is 14.4 Å². The summed E-state index contributed by atoms with van der Waals surface area (Å²) >= 11 is 0. The van der Waals surface area contributed by atoms with Crippen molar-refractivity contribution in [3.05, 3.63) is 65.8 Å². The fourth-order valence-corrected chi connectivity index (χ4v) is 3.79. The molecule has 4 rings (SSSR count). The average molecular weight is 441 g/mol. The highest BCUT2D eigenvalue weighted by atomic mass is 19.1. The van der Waals surface area contributed by atoms with Crippen LogP contribution in [0.1, 0.15) is 24.4 Å². The van der Waals surface area contributed by atoms with Gasteiger partial charge in [0.15, 0.2) is 0 Å². The van der Waals surface area contributed by atoms with Crippen LogP contribution in [-0.2, 0) is 0 Å². The van der Waals surface area contributed by atoms with Crippen molar-refractivity contribution < 1.29 is 18.8 Å². The van der Waals surface area contributed by atoms with E-state index in [0.717, 1.165) is 31.7 Å². The third kappa shape index (κ3) is 5.70. The first-order chi connectivity index (χ1) is 15.5. The Balaban J connectivity index is 1.23. The molecule has 8 heteroatoms. The molecular formula is C24H29FN4O3. The molecule has 1 fully saturated rings. The number of β-amino-alcohol motifs (C(OH)–C–C–N with tert-alkyl or cyclic N) is 1. The molecule has 0 spiro atoms. The van der Waals surface area contributed by atoms with Crippen molar-refractivity contribution in [2.75, 3.05) is 39.3 Å². The second-order valence-corrected chi connectivity index (χ2v) is 8.25. The van der Waals surface area contributed by atoms with Crippen molar-refractivity contribution in [1.29, 1.82) is 0 Å². The van der Waals surface area contributed by atoms with Crippen LogP contribution in [0.25, 0.3) is 11.4 Å². The van der Waals surface area contributed by atoms with Gasteiger partial charge in [0, 0.05) is 38.3 Å². The Morgan fingerprint density at radius 1 is 1.06 bits per heavy atom. The molecule has 1 N–H and O–H groups in total. The van der Waals surface area contributed by atoms with Gasteiger partial charge in [0.2, 0.25) is 11.7 Å². The fraction of sp³-hybridized carbons (Fsp3) is 0.417. The van der Waals surface area contributed by atoms with Gasteiger partial charge in [-0.25, -0.2) is 4.39 Å². The second-order valence-electron chi connectivity index (χ2n) is 8.25. The highest BCUT2D eigenvalue weighted by Gasteiger charge is 2.26. The highest BCUT2D eigenvalue weighted by molar-refractivity contribution is 5.54. The standard InChI is InChI=1S/C24H29FN4O3/c1-17-3-5-19(6-4-17)23-26-24(32-27-23)18(2)29-13-11-28(12-14-29)15-21(30)16-31-22-9-7-20(25)8-10-22/h3-10,18,21,30H,11-16H2,1-2H3. The molecule has 0 amide bonds. The van der Waals surface area contributed by atoms with Gasteiger partial charge in [-0.3, -0.25) is 9.80 Å². The van der Waals surface area contributed by atoms with E-state index in [1.54, 1.807) is 12.1 Å². The molecule has 1 aromatic heterocycles. The Kier molecular flexibility index (Phi) is 7.14. The van der Waals surface area contributed by atoms with Crippen molar-refractivity contribution >= 4 is 0 Å². The minimum atomic E-state index is -0.614. The second kappa shape index (κ2) is 10.2. The monoisotopic (exact) mass is 440 g/mol. The molecule has 3 aromatic rings. The van der Waals surface area contributed by atoms with Crippen LogP contribution in [0.15, 0.2) is 53.1 Å². The smallest absolute Gasteiger partial charge is 0.244 e. The maximum Gasteiger partial charge on any atom is 0.244 e. The Morgan fingerprint density at radius 3 is 2.44 bits per heavy atom. The van der Waals surface area contributed by atoms with Gasteiger partial charge in [-0.1, -0.05) is 35.0 Å². The summed E-state index contributed by atoms with van der Waals surface area (Å²) in [6.07, 6.45) is -0.614. The molecule has 2 unspecified atom stereocenters. The summed E-state index contributed by atoms with van der Waals surface area (Å²) in [7, 11) is 0. The first-order valence-corrected chi connectivity index (χ1v) is 10.9. The van der Waals surface area contributed by atoms with Crippen LogP contribution in [0.5, 0.6) is 5.75 Å². The molecule has 0 saturated carbocycles. The van der Waals surface area contributed by atoms with Crippen LogP contribution < -0.4 is 4.74 Å². The molecule has 0 bridgehead atoms. The maximum atomic E-state index is 13.0. The van der Waals surface area contributed by atoms with Gasteiger partial charge in [0.05, 0.1) is 6.04 Å². The number of hydrogen-bond donors (Lipinski definition) is 1. The number of piperazine rings is 1. The van der Waals surface area contributed by atoms with Crippen LogP contribution in [0.4, 0.5) is 4.39 Å². The Morgan fingerprint density at radius 2 is 1.75 bits per heavy atom. The first kappa shape index (κ1) is 22.4. The molecule has 1 aliphatic heterocycles. The number of halogens is 1. The molecule has 0 aliphatic carbocycles. The highest BCUT2D eigenvalue weighted by Crippen LogP contribution is 2.24. The molecule has 170 valence electrons. The van der Waals surface area contributed by atoms with Gasteiger partial charge in [0.25, 0.3) is 0 Å². The van der Waals surface area contributed by atoms with Crippen LogP contribution in [0.3, 0.4) is 0 Å². The van der Waals surface area contributed by atoms with E-state index in [0.29, 0.717) is 24.0 Å². The molecule has 1 aliphatic rings. The molecular weight excluding hydrogens is 411 g/mol. The molecule has 2 aromatic carbocycles. The molecule has 1 saturated heterocycles. The van der Waals surface area contributed by atoms with E-state index in [9.17, 15) is 9.50 Å². The first-order valence-electron chi connectivity index (χ1n) is 10.9. The van der Waals surface area contributed by atoms with Crippen molar-refractivity contribution in [2.24, 2.45) is 0 Å². The maximum absolute atomic E-state index is 13.0. The van der Waals surface area contributed by atoms with Crippen molar-refractivity contribution in [2.45, 2.75) is 26.0 Å². The van der Waals surface area contributed by atoms with E-state index in [2.05, 4.69) is 26.9 Å². The Hall–Kier alpha value is -2.81. The number of hydrogen-bond acceptors (Lipinski definition) is 7. The topological polar surface area (TPSA) is 74.9 Å². The van der Waals surface area contributed by atoms with Gasteiger partial charge in [-0.2, -0.15) is 4.98 Å². The van der Waals surface area contributed by atoms with E-state index in [-0.39, 0.29) is 18.5 Å². The molecule has 32 heavy (non-hydrogen) atoms. The predicted octanol–water partition coefficient (Wildman–Crippen LogP) is 3.30. The zero-order valence-corrected chi connectivity index (χ0v) is 18.4. The van der Waals surface area contributed by atoms with E-state index in [4.69, 9.17) is 9.26 Å². The van der Waals surface area contributed by atoms with Crippen molar-refractivity contribution in [1.82, 2.24) is 19.9 Å². The number of rotatable bonds is 8. The quantitative estimate of drug-likeness (QED) is 0.576. The van der Waals surface area contributed by atoms with Crippen LogP contribution in [0, 0.1) is 12.7 Å². The summed E-state index contributed by atoms with van der Waals surface area (Å²) in [5.74, 6) is 1.46. The van der Waals surface area contributed by atoms with Crippen LogP contribution in [0.2, 0.25) is 0 Å². The number of nitrogens with zero attached hydrogens (tertiary/aromatic N) is 4. The minimum absolute atomic E-state index is 0.0237. The number of ether oxygens (including phenoxy) is 1. The van der Waals surface area contributed by atoms with Gasteiger partial charge in [-0.05, 0) is 38.1 Å². The van der Waals surface area contributed by atoms with E-state index >= 15 is 0 Å². The summed E-state index contributed by atoms with van der Waals surface area (Å²) in [4.78, 5) is 9.12. The summed E-state index contributed by atoms with van der Waals surface area (Å²) in [6.45, 7) is 8.17. The lowest BCUT2D eigenvalue weighted by atomic mass is 10.1. The zero-order valence-electron chi connectivity index (χ0n) is 18.4. The summed E-state index contributed by atoms with van der Waals surface area (Å²) < 4.78 is 24.0. The summed E-state index contributed by atoms with van der Waals surface area (Å²) in [6, 6.07) is 13.9. The number of aryl methyl sites for hydroxylation is 1. The average Bonchev–Trinajstić information content (AvgIpc) is 3.29. The third-order valence-electron chi connectivity index (χ3n) is 5.79. The van der Waals surface area contributed by atoms with Crippen LogP contribution in [-0.4, -0.2) is 70.5 Å². The van der Waals surface area contributed by atoms with Crippen LogP contribution >= 0.6 is 0 Å². The molecule has 0 radical (unpaired) electrons. The lowest BCUT2D eigenvalue weighted by Crippen LogP contribution is -2.49. The normalized spacial score (nSPS) is 17.2. The van der Waals surface area contributed by atoms with Gasteiger partial charge >= 0.3 is 0 Å². The van der Waals surface area contributed by atoms with Crippen molar-refractivity contribution in [3.8, 4) is 17.1 Å². The number of benzene rings is 2. The minimum Gasteiger partial charge on any atom is -0.491 e. The summed E-state index contributed by atoms with van der Waals surface area (Å²) in [5, 5.41) is 14.5. The van der Waals surface area contributed by atoms with Crippen molar-refractivity contribution in [3.63, 3.8) is 0 Å². The fourth-order valence-electron chi connectivity index (χ4n) is 3.79. The third-order valence-corrected chi connectivity index (χ3v) is 5.79.